The molecule has 26 N–H and O–H groups in total. The molecule has 5 heterocycles. The van der Waals surface area contributed by atoms with Crippen LogP contribution in [0.3, 0.4) is 0 Å². The molecule has 0 bridgehead atoms. The molecule has 1 aromatic carbocycles. The van der Waals surface area contributed by atoms with Gasteiger partial charge in [-0.1, -0.05) is 44.2 Å². The van der Waals surface area contributed by atoms with Crippen molar-refractivity contribution in [3.63, 3.8) is 0 Å². The van der Waals surface area contributed by atoms with Gasteiger partial charge in [0.2, 0.25) is 82.7 Å². The number of hydrogen-bond donors (Lipinski definition) is 21. The van der Waals surface area contributed by atoms with Crippen LogP contribution in [0.1, 0.15) is 135 Å². The van der Waals surface area contributed by atoms with Crippen molar-refractivity contribution < 1.29 is 82.1 Å². The number of carbonyl (C=O) groups is 15. The Hall–Kier alpha value is -11.1. The number of aromatic amines is 1. The summed E-state index contributed by atoms with van der Waals surface area (Å²) in [7, 11) is 0. The monoisotopic (exact) mass is 1680 g/mol. The van der Waals surface area contributed by atoms with Crippen LogP contribution < -0.4 is 92.9 Å². The maximum atomic E-state index is 14.8. The van der Waals surface area contributed by atoms with Crippen LogP contribution in [-0.4, -0.2) is 290 Å². The second kappa shape index (κ2) is 47.8. The number of aliphatic carboxylic acids is 1. The van der Waals surface area contributed by atoms with E-state index >= 15 is 0 Å². The number of nitrogens with two attached hydrogens (primary N) is 6. The number of likely N-dealkylation sites (tertiary alicyclic amines) is 3. The van der Waals surface area contributed by atoms with Gasteiger partial charge in [-0.3, -0.25) is 82.1 Å². The number of thioether (sulfide) groups is 1. The highest BCUT2D eigenvalue weighted by Crippen LogP contribution is 2.25. The fourth-order valence-corrected chi connectivity index (χ4v) is 14.7. The number of aromatic nitrogens is 2. The molecule has 4 fully saturated rings. The number of hydrogen-bond acceptors (Lipinski definition) is 22. The second-order valence-electron chi connectivity index (χ2n) is 29.4. The van der Waals surface area contributed by atoms with Gasteiger partial charge in [-0.2, -0.15) is 24.4 Å². The molecule has 4 aliphatic heterocycles. The van der Waals surface area contributed by atoms with Crippen molar-refractivity contribution in [2.24, 2.45) is 55.3 Å². The zero-order valence-corrected chi connectivity index (χ0v) is 68.0. The second-order valence-corrected chi connectivity index (χ2v) is 30.8. The quantitative estimate of drug-likeness (QED) is 0.0127. The molecule has 14 atom stereocenters. The number of aliphatic hydroxyl groups is 1. The fourth-order valence-electron chi connectivity index (χ4n) is 13.9. The van der Waals surface area contributed by atoms with Gasteiger partial charge >= 0.3 is 5.97 Å². The van der Waals surface area contributed by atoms with Crippen LogP contribution in [0.5, 0.6) is 0 Å². The van der Waals surface area contributed by atoms with Gasteiger partial charge in [-0.15, -0.1) is 0 Å². The number of carbonyl (C=O) groups excluding carboxylic acids is 14. The molecule has 42 nitrogen and oxygen atoms in total. The third-order valence-electron chi connectivity index (χ3n) is 20.0. The largest absolute Gasteiger partial charge is 0.480 e. The molecular formula is C73H115N25O17S2. The number of amides is 14. The summed E-state index contributed by atoms with van der Waals surface area (Å²) in [5, 5.41) is 49.6. The number of nitrogens with zero attached hydrogens (tertiary/aromatic N) is 7. The Morgan fingerprint density at radius 1 is 0.530 bits per heavy atom. The lowest BCUT2D eigenvalue weighted by Crippen LogP contribution is -2.61. The van der Waals surface area contributed by atoms with Crippen LogP contribution in [0.4, 0.5) is 0 Å². The highest BCUT2D eigenvalue weighted by molar-refractivity contribution is 7.98. The molecule has 44 heteroatoms. The summed E-state index contributed by atoms with van der Waals surface area (Å²) in [6, 6.07) is -9.63. The first-order valence-corrected chi connectivity index (χ1v) is 41.1. The summed E-state index contributed by atoms with van der Waals surface area (Å²) in [6.07, 6.45) is 6.27. The number of benzene rings is 1. The number of thiol groups is 1. The van der Waals surface area contributed by atoms with Gasteiger partial charge in [0.15, 0.2) is 17.9 Å². The maximum absolute atomic E-state index is 14.8. The topological polar surface area (TPSA) is 660 Å². The minimum Gasteiger partial charge on any atom is -0.480 e. The first-order valence-electron chi connectivity index (χ1n) is 39.1. The van der Waals surface area contributed by atoms with Crippen LogP contribution >= 0.6 is 24.4 Å². The summed E-state index contributed by atoms with van der Waals surface area (Å²) in [6.45, 7) is 4.21. The van der Waals surface area contributed by atoms with E-state index in [1.807, 2.05) is 0 Å². The van der Waals surface area contributed by atoms with E-state index in [0.29, 0.717) is 36.3 Å². The molecular weight excluding hydrogens is 1560 g/mol. The lowest BCUT2D eigenvalue weighted by molar-refractivity contribution is -0.149. The van der Waals surface area contributed by atoms with Crippen LogP contribution in [0.2, 0.25) is 0 Å². The molecule has 1 aromatic heterocycles. The number of carboxylic acids is 1. The third kappa shape index (κ3) is 30.2. The van der Waals surface area contributed by atoms with Crippen LogP contribution in [0.15, 0.2) is 57.8 Å². The Morgan fingerprint density at radius 2 is 0.966 bits per heavy atom. The predicted octanol–water partition coefficient (Wildman–Crippen LogP) is -6.72. The number of aliphatic imine (C=N–C) groups is 3. The van der Waals surface area contributed by atoms with Gasteiger partial charge in [0.05, 0.1) is 12.9 Å². The first kappa shape index (κ1) is 94.8. The number of aliphatic hydroxyl groups excluding tert-OH is 1. The normalized spacial score (nSPS) is 18.9. The summed E-state index contributed by atoms with van der Waals surface area (Å²) < 4.78 is 0. The van der Waals surface area contributed by atoms with Gasteiger partial charge in [0.1, 0.15) is 84.6 Å². The van der Waals surface area contributed by atoms with Crippen molar-refractivity contribution in [1.82, 2.24) is 83.2 Å². The fraction of sp³-hybridized carbons (Fsp3) is 0.630. The Balaban J connectivity index is 1.13. The van der Waals surface area contributed by atoms with Gasteiger partial charge < -0.3 is 123 Å². The molecule has 0 radical (unpaired) electrons. The average Bonchev–Trinajstić information content (AvgIpc) is 1.72. The van der Waals surface area contributed by atoms with Crippen molar-refractivity contribution >= 4 is 131 Å². The Kier molecular flexibility index (Phi) is 38.8. The van der Waals surface area contributed by atoms with Gasteiger partial charge in [-0.25, -0.2) is 9.78 Å². The number of imidazole rings is 1. The molecule has 6 rings (SSSR count). The Morgan fingerprint density at radius 3 is 1.45 bits per heavy atom. The SMILES string of the molecule is CSCC[C@H](NC(=O)[C@H](CS)NC(=O)[C@H](CCCN=C(N)N)NC(=O)[C@H](CCCN=C(N)N)NC(=O)C1CCC(=O)N1)C(=O)N1CCC[C@H]1C(=O)N[C@@H](CC(C)C)C(=O)N[C@@H](Cc1cnc[nH]1)C(=O)N[C@@H](CO)C(=O)N[C@@H](CCCN=C(N)N)C(=O)N[C@@H](C)C(=O)N1CCC[C@H]1C(=O)N[C@@H](Cc1ccccc1)C(=O)N1CCC[C@H]1C(=O)O. The van der Waals surface area contributed by atoms with E-state index in [-0.39, 0.29) is 171 Å². The summed E-state index contributed by atoms with van der Waals surface area (Å²) in [5.74, 6) is -13.0. The van der Waals surface area contributed by atoms with Crippen LogP contribution in [-0.2, 0) is 84.8 Å². The highest BCUT2D eigenvalue weighted by atomic mass is 32.2. The number of carboxylic acid groups (broad SMARTS) is 1. The third-order valence-corrected chi connectivity index (χ3v) is 21.0. The number of H-pyrrole nitrogens is 1. The maximum Gasteiger partial charge on any atom is 0.326 e. The molecule has 117 heavy (non-hydrogen) atoms. The van der Waals surface area contributed by atoms with E-state index in [4.69, 9.17) is 34.4 Å². The summed E-state index contributed by atoms with van der Waals surface area (Å²) in [4.78, 5) is 232. The summed E-state index contributed by atoms with van der Waals surface area (Å²) >= 11 is 5.72. The zero-order chi connectivity index (χ0) is 86.0. The van der Waals surface area contributed by atoms with Crippen molar-refractivity contribution in [2.45, 2.75) is 221 Å². The number of nitrogens with one attached hydrogen (secondary N) is 12. The molecule has 1 unspecified atom stereocenters. The minimum absolute atomic E-state index is 0.0101. The smallest absolute Gasteiger partial charge is 0.326 e. The predicted molar refractivity (Wildman–Crippen MR) is 434 cm³/mol. The van der Waals surface area contributed by atoms with Gasteiger partial charge in [-0.05, 0) is 127 Å². The molecule has 4 saturated heterocycles. The molecule has 0 aliphatic carbocycles. The highest BCUT2D eigenvalue weighted by Gasteiger charge is 2.44. The molecule has 14 amide bonds. The van der Waals surface area contributed by atoms with E-state index in [0.717, 1.165) is 0 Å². The first-order chi connectivity index (χ1) is 55.7. The number of rotatable bonds is 47. The van der Waals surface area contributed by atoms with Crippen molar-refractivity contribution in [2.75, 3.05) is 63.6 Å². The van der Waals surface area contributed by atoms with E-state index in [9.17, 15) is 82.1 Å². The standard InChI is InChI=1S/C73H115N25O17S2/c1-39(2)32-48(92-65(109)54-20-12-29-97(54)68(112)47(24-31-117-4)90-64(108)52(37-116)95-59(103)45(18-10-27-83-73(78)79)87-58(102)44(17-9-26-82-72(76)77)88-60(104)46-22-23-56(100)86-46)61(105)91-49(34-42-35-80-38-84-42)62(106)94-51(36-99)63(107)89-43(16-8-25-81-71(74)75)57(101)85-40(3)67(111)96-28-11-19-53(96)66(110)93-50(33-41-14-6-5-7-15-41)69(113)98-30-13-21-55(98)70(114)115/h5-7,14-15,35,38-40,43-55,99,116H,8-13,16-34,36-37H2,1-4H3,(H,80,84)(H,85,101)(H,86,100)(H,87,102)(H,88,104)(H,89,107)(H,90,108)(H,91,105)(H,92,109)(H,93,110)(H,94,106)(H,95,103)(H,114,115)(H4,74,75,81)(H4,76,77,82)(H4,78,79,83)/t40-,43-,44-,45-,46?,47-,48-,49-,50-,51-,52-,53-,54-,55-/m0/s1. The zero-order valence-electron chi connectivity index (χ0n) is 66.3. The van der Waals surface area contributed by atoms with Crippen LogP contribution in [0, 0.1) is 5.92 Å². The molecule has 0 spiro atoms. The van der Waals surface area contributed by atoms with Gasteiger partial charge in [0, 0.05) is 76.2 Å². The van der Waals surface area contributed by atoms with Crippen molar-refractivity contribution in [3.8, 4) is 0 Å². The molecule has 0 saturated carbocycles. The minimum atomic E-state index is -1.81. The van der Waals surface area contributed by atoms with Crippen LogP contribution in [0.25, 0.3) is 0 Å². The molecule has 4 aliphatic rings. The van der Waals surface area contributed by atoms with Crippen molar-refractivity contribution in [3.05, 3.63) is 54.1 Å². The van der Waals surface area contributed by atoms with Crippen molar-refractivity contribution in [1.29, 1.82) is 0 Å². The van der Waals surface area contributed by atoms with E-state index < -0.39 is 174 Å². The number of guanidine groups is 3. The molecule has 646 valence electrons. The van der Waals surface area contributed by atoms with Gasteiger partial charge in [0.25, 0.3) is 0 Å². The summed E-state index contributed by atoms with van der Waals surface area (Å²) in [5.41, 5.74) is 34.2. The average molecular weight is 1680 g/mol. The van der Waals surface area contributed by atoms with E-state index in [2.05, 4.69) is 96.1 Å². The van der Waals surface area contributed by atoms with E-state index in [1.165, 1.54) is 45.9 Å². The van der Waals surface area contributed by atoms with E-state index in [1.54, 1.807) is 50.4 Å². The lowest BCUT2D eigenvalue weighted by Gasteiger charge is -2.31. The molecule has 2 aromatic rings. The Labute approximate surface area is 687 Å². The Bertz CT molecular complexity index is 3850. The lowest BCUT2D eigenvalue weighted by atomic mass is 10.0.